The van der Waals surface area contributed by atoms with Crippen LogP contribution in [0.1, 0.15) is 24.0 Å². The molecule has 0 aliphatic heterocycles. The van der Waals surface area contributed by atoms with Crippen LogP contribution < -0.4 is 15.2 Å². The van der Waals surface area contributed by atoms with E-state index in [1.807, 2.05) is 19.1 Å². The summed E-state index contributed by atoms with van der Waals surface area (Å²) in [5.74, 6) is 1.68. The number of methoxy groups -OCH3 is 2. The molecule has 0 atom stereocenters. The summed E-state index contributed by atoms with van der Waals surface area (Å²) in [6.07, 6.45) is 2.01. The van der Waals surface area contributed by atoms with E-state index in [0.29, 0.717) is 0 Å². The predicted molar refractivity (Wildman–Crippen MR) is 59.4 cm³/mol. The van der Waals surface area contributed by atoms with Crippen molar-refractivity contribution < 1.29 is 9.47 Å². The number of hydrogen-bond acceptors (Lipinski definition) is 3. The van der Waals surface area contributed by atoms with Crippen molar-refractivity contribution in [3.8, 4) is 11.5 Å². The van der Waals surface area contributed by atoms with Crippen molar-refractivity contribution >= 4 is 0 Å². The first kappa shape index (κ1) is 10.3. The molecule has 3 nitrogen and oxygen atoms in total. The van der Waals surface area contributed by atoms with Gasteiger partial charge in [0.1, 0.15) is 11.5 Å². The van der Waals surface area contributed by atoms with Crippen molar-refractivity contribution in [2.24, 2.45) is 5.73 Å². The molecule has 0 bridgehead atoms. The van der Waals surface area contributed by atoms with Crippen LogP contribution in [-0.4, -0.2) is 14.2 Å². The number of rotatable bonds is 3. The molecule has 82 valence electrons. The van der Waals surface area contributed by atoms with E-state index >= 15 is 0 Å². The predicted octanol–water partition coefficient (Wildman–Crippen LogP) is 1.96. The Labute approximate surface area is 90.2 Å². The first-order valence-electron chi connectivity index (χ1n) is 5.13. The Morgan fingerprint density at radius 2 is 1.60 bits per heavy atom. The van der Waals surface area contributed by atoms with Crippen molar-refractivity contribution in [2.45, 2.75) is 25.3 Å². The minimum Gasteiger partial charge on any atom is -0.496 e. The molecule has 0 heterocycles. The van der Waals surface area contributed by atoms with Crippen LogP contribution in [-0.2, 0) is 5.54 Å². The van der Waals surface area contributed by atoms with E-state index in [0.717, 1.165) is 35.5 Å². The Kier molecular flexibility index (Phi) is 2.35. The molecular weight excluding hydrogens is 190 g/mol. The Hall–Kier alpha value is -1.22. The van der Waals surface area contributed by atoms with Gasteiger partial charge in [-0.1, -0.05) is 0 Å². The third-order valence-electron chi connectivity index (χ3n) is 2.94. The van der Waals surface area contributed by atoms with E-state index in [1.165, 1.54) is 0 Å². The molecule has 1 aromatic rings. The van der Waals surface area contributed by atoms with Crippen molar-refractivity contribution in [3.05, 3.63) is 23.3 Å². The van der Waals surface area contributed by atoms with Gasteiger partial charge in [0.05, 0.1) is 19.8 Å². The molecule has 2 N–H and O–H groups in total. The lowest BCUT2D eigenvalue weighted by Crippen LogP contribution is -2.20. The maximum Gasteiger partial charge on any atom is 0.127 e. The van der Waals surface area contributed by atoms with Crippen molar-refractivity contribution in [1.29, 1.82) is 0 Å². The van der Waals surface area contributed by atoms with Gasteiger partial charge in [-0.3, -0.25) is 0 Å². The van der Waals surface area contributed by atoms with Gasteiger partial charge in [-0.15, -0.1) is 0 Å². The fraction of sp³-hybridized carbons (Fsp3) is 0.500. The van der Waals surface area contributed by atoms with Gasteiger partial charge in [0.2, 0.25) is 0 Å². The molecule has 0 amide bonds. The van der Waals surface area contributed by atoms with E-state index in [2.05, 4.69) is 0 Å². The molecule has 1 aromatic carbocycles. The molecule has 15 heavy (non-hydrogen) atoms. The highest BCUT2D eigenvalue weighted by Gasteiger charge is 2.44. The molecule has 0 unspecified atom stereocenters. The average Bonchev–Trinajstić information content (AvgIpc) is 2.95. The maximum atomic E-state index is 6.21. The monoisotopic (exact) mass is 207 g/mol. The summed E-state index contributed by atoms with van der Waals surface area (Å²) in [7, 11) is 3.34. The summed E-state index contributed by atoms with van der Waals surface area (Å²) in [6.45, 7) is 2.02. The molecule has 0 radical (unpaired) electrons. The van der Waals surface area contributed by atoms with E-state index in [9.17, 15) is 0 Å². The largest absolute Gasteiger partial charge is 0.496 e. The highest BCUT2D eigenvalue weighted by Crippen LogP contribution is 2.50. The van der Waals surface area contributed by atoms with Gasteiger partial charge in [-0.25, -0.2) is 0 Å². The minimum absolute atomic E-state index is 0.232. The lowest BCUT2D eigenvalue weighted by atomic mass is 10.0. The molecule has 1 saturated carbocycles. The van der Waals surface area contributed by atoms with Gasteiger partial charge in [-0.2, -0.15) is 0 Å². The number of aryl methyl sites for hydroxylation is 1. The quantitative estimate of drug-likeness (QED) is 0.824. The van der Waals surface area contributed by atoms with E-state index < -0.39 is 0 Å². The summed E-state index contributed by atoms with van der Waals surface area (Å²) in [5.41, 5.74) is 8.11. The SMILES string of the molecule is COc1cc(C)cc(OC)c1C1(N)CC1. The van der Waals surface area contributed by atoms with Crippen LogP contribution in [0.2, 0.25) is 0 Å². The summed E-state index contributed by atoms with van der Waals surface area (Å²) in [6, 6.07) is 4.01. The Morgan fingerprint density at radius 3 is 1.93 bits per heavy atom. The van der Waals surface area contributed by atoms with Crippen LogP contribution in [0.3, 0.4) is 0 Å². The summed E-state index contributed by atoms with van der Waals surface area (Å²) < 4.78 is 10.8. The summed E-state index contributed by atoms with van der Waals surface area (Å²) in [5, 5.41) is 0. The van der Waals surface area contributed by atoms with E-state index in [4.69, 9.17) is 15.2 Å². The van der Waals surface area contributed by atoms with Crippen molar-refractivity contribution in [3.63, 3.8) is 0 Å². The average molecular weight is 207 g/mol. The smallest absolute Gasteiger partial charge is 0.127 e. The number of benzene rings is 1. The second-order valence-corrected chi connectivity index (χ2v) is 4.20. The number of ether oxygens (including phenoxy) is 2. The Balaban J connectivity index is 2.57. The molecule has 0 spiro atoms. The second-order valence-electron chi connectivity index (χ2n) is 4.20. The van der Waals surface area contributed by atoms with Crippen molar-refractivity contribution in [2.75, 3.05) is 14.2 Å². The molecule has 0 saturated heterocycles. The minimum atomic E-state index is -0.232. The molecule has 2 rings (SSSR count). The van der Waals surface area contributed by atoms with Crippen LogP contribution >= 0.6 is 0 Å². The fourth-order valence-corrected chi connectivity index (χ4v) is 1.92. The van der Waals surface area contributed by atoms with Gasteiger partial charge in [0.15, 0.2) is 0 Å². The zero-order valence-corrected chi connectivity index (χ0v) is 9.46. The van der Waals surface area contributed by atoms with Gasteiger partial charge < -0.3 is 15.2 Å². The maximum absolute atomic E-state index is 6.21. The van der Waals surface area contributed by atoms with Gasteiger partial charge >= 0.3 is 0 Å². The highest BCUT2D eigenvalue weighted by molar-refractivity contribution is 5.53. The number of nitrogens with two attached hydrogens (primary N) is 1. The lowest BCUT2D eigenvalue weighted by Gasteiger charge is -2.18. The second kappa shape index (κ2) is 3.42. The molecular formula is C12H17NO2. The van der Waals surface area contributed by atoms with Crippen LogP contribution in [0.25, 0.3) is 0 Å². The van der Waals surface area contributed by atoms with Gasteiger partial charge in [-0.05, 0) is 37.5 Å². The molecule has 1 aliphatic carbocycles. The topological polar surface area (TPSA) is 44.5 Å². The Morgan fingerprint density at radius 1 is 1.13 bits per heavy atom. The van der Waals surface area contributed by atoms with Crippen LogP contribution in [0, 0.1) is 6.92 Å². The van der Waals surface area contributed by atoms with E-state index in [-0.39, 0.29) is 5.54 Å². The third-order valence-corrected chi connectivity index (χ3v) is 2.94. The van der Waals surface area contributed by atoms with Crippen LogP contribution in [0.5, 0.6) is 11.5 Å². The first-order valence-corrected chi connectivity index (χ1v) is 5.13. The molecule has 1 fully saturated rings. The lowest BCUT2D eigenvalue weighted by molar-refractivity contribution is 0.376. The van der Waals surface area contributed by atoms with Crippen molar-refractivity contribution in [1.82, 2.24) is 0 Å². The molecule has 0 aromatic heterocycles. The molecule has 3 heteroatoms. The summed E-state index contributed by atoms with van der Waals surface area (Å²) >= 11 is 0. The fourth-order valence-electron chi connectivity index (χ4n) is 1.92. The zero-order chi connectivity index (χ0) is 11.1. The normalized spacial score (nSPS) is 17.3. The van der Waals surface area contributed by atoms with Crippen LogP contribution in [0.15, 0.2) is 12.1 Å². The van der Waals surface area contributed by atoms with Gasteiger partial charge in [0, 0.05) is 5.54 Å². The molecule has 1 aliphatic rings. The highest BCUT2D eigenvalue weighted by atomic mass is 16.5. The third kappa shape index (κ3) is 1.67. The number of hydrogen-bond donors (Lipinski definition) is 1. The van der Waals surface area contributed by atoms with Gasteiger partial charge in [0.25, 0.3) is 0 Å². The standard InChI is InChI=1S/C12H17NO2/c1-8-6-9(14-2)11(10(7-8)15-3)12(13)4-5-12/h6-7H,4-5,13H2,1-3H3. The first-order chi connectivity index (χ1) is 7.10. The van der Waals surface area contributed by atoms with E-state index in [1.54, 1.807) is 14.2 Å². The summed E-state index contributed by atoms with van der Waals surface area (Å²) in [4.78, 5) is 0. The van der Waals surface area contributed by atoms with Crippen LogP contribution in [0.4, 0.5) is 0 Å². The zero-order valence-electron chi connectivity index (χ0n) is 9.46. The Bertz CT molecular complexity index is 358.